The van der Waals surface area contributed by atoms with Gasteiger partial charge in [-0.1, -0.05) is 6.92 Å². The molecule has 15 heavy (non-hydrogen) atoms. The number of hydrogen-bond donors (Lipinski definition) is 2. The first-order valence-electron chi connectivity index (χ1n) is 4.61. The van der Waals surface area contributed by atoms with Crippen LogP contribution in [0.25, 0.3) is 0 Å². The molecule has 0 bridgehead atoms. The fourth-order valence-electron chi connectivity index (χ4n) is 0.944. The van der Waals surface area contributed by atoms with E-state index in [0.29, 0.717) is 12.4 Å². The van der Waals surface area contributed by atoms with Crippen LogP contribution in [0.2, 0.25) is 0 Å². The Bertz CT molecular complexity index is 374. The van der Waals surface area contributed by atoms with Gasteiger partial charge in [-0.3, -0.25) is 5.10 Å². The molecule has 0 aliphatic heterocycles. The van der Waals surface area contributed by atoms with E-state index in [1.165, 1.54) is 17.7 Å². The van der Waals surface area contributed by atoms with Gasteiger partial charge < -0.3 is 0 Å². The standard InChI is InChI=1S/C7H15N5O2S/c1-3-4-10-15(13,14)12(2)5-7-8-6-9-11-7/h6,10H,3-5H2,1-2H3,(H,8,9,11). The average molecular weight is 233 g/mol. The second kappa shape index (κ2) is 5.19. The summed E-state index contributed by atoms with van der Waals surface area (Å²) in [6, 6.07) is 0. The quantitative estimate of drug-likeness (QED) is 0.691. The third-order valence-electron chi connectivity index (χ3n) is 1.78. The van der Waals surface area contributed by atoms with E-state index in [2.05, 4.69) is 19.9 Å². The maximum atomic E-state index is 11.6. The van der Waals surface area contributed by atoms with Crippen LogP contribution >= 0.6 is 0 Å². The summed E-state index contributed by atoms with van der Waals surface area (Å²) in [5.41, 5.74) is 0. The molecule has 1 aromatic rings. The Morgan fingerprint density at radius 3 is 2.87 bits per heavy atom. The molecular weight excluding hydrogens is 218 g/mol. The second-order valence-corrected chi connectivity index (χ2v) is 4.95. The lowest BCUT2D eigenvalue weighted by atomic mass is 10.5. The lowest BCUT2D eigenvalue weighted by Gasteiger charge is -2.15. The molecule has 1 rings (SSSR count). The van der Waals surface area contributed by atoms with Crippen LogP contribution in [0.5, 0.6) is 0 Å². The molecule has 0 fully saturated rings. The van der Waals surface area contributed by atoms with Gasteiger partial charge in [-0.25, -0.2) is 9.71 Å². The van der Waals surface area contributed by atoms with Gasteiger partial charge in [-0.15, -0.1) is 0 Å². The second-order valence-electron chi connectivity index (χ2n) is 3.09. The van der Waals surface area contributed by atoms with Gasteiger partial charge in [-0.2, -0.15) is 17.8 Å². The van der Waals surface area contributed by atoms with Gasteiger partial charge in [0, 0.05) is 13.6 Å². The molecule has 0 aromatic carbocycles. The summed E-state index contributed by atoms with van der Waals surface area (Å²) in [6.07, 6.45) is 2.10. The van der Waals surface area contributed by atoms with Crippen molar-refractivity contribution in [2.24, 2.45) is 0 Å². The molecule has 1 heterocycles. The number of aromatic amines is 1. The Morgan fingerprint density at radius 2 is 2.33 bits per heavy atom. The minimum atomic E-state index is -3.40. The van der Waals surface area contributed by atoms with Crippen LogP contribution in [-0.4, -0.2) is 41.5 Å². The molecule has 7 nitrogen and oxygen atoms in total. The normalized spacial score (nSPS) is 12.2. The van der Waals surface area contributed by atoms with Crippen molar-refractivity contribution in [2.75, 3.05) is 13.6 Å². The van der Waals surface area contributed by atoms with E-state index in [0.717, 1.165) is 6.42 Å². The van der Waals surface area contributed by atoms with Gasteiger partial charge in [-0.05, 0) is 6.42 Å². The first-order valence-corrected chi connectivity index (χ1v) is 6.05. The summed E-state index contributed by atoms with van der Waals surface area (Å²) in [5.74, 6) is 0.513. The minimum Gasteiger partial charge on any atom is -0.262 e. The topological polar surface area (TPSA) is 91.0 Å². The SMILES string of the molecule is CCCNS(=O)(=O)N(C)Cc1ncn[nH]1. The third-order valence-corrected chi connectivity index (χ3v) is 3.30. The molecule has 8 heteroatoms. The van der Waals surface area contributed by atoms with E-state index in [1.807, 2.05) is 6.92 Å². The Balaban J connectivity index is 2.56. The zero-order chi connectivity index (χ0) is 11.3. The molecule has 0 unspecified atom stereocenters. The zero-order valence-corrected chi connectivity index (χ0v) is 9.58. The monoisotopic (exact) mass is 233 g/mol. The van der Waals surface area contributed by atoms with Crippen LogP contribution in [0, 0.1) is 0 Å². The van der Waals surface area contributed by atoms with Crippen LogP contribution in [-0.2, 0) is 16.8 Å². The Hall–Kier alpha value is -0.990. The number of nitrogens with zero attached hydrogens (tertiary/aromatic N) is 3. The van der Waals surface area contributed by atoms with E-state index in [4.69, 9.17) is 0 Å². The summed E-state index contributed by atoms with van der Waals surface area (Å²) in [6.45, 7) is 2.51. The van der Waals surface area contributed by atoms with Crippen LogP contribution < -0.4 is 4.72 Å². The molecule has 86 valence electrons. The lowest BCUT2D eigenvalue weighted by molar-refractivity contribution is 0.446. The molecule has 0 saturated carbocycles. The Labute approximate surface area is 89.1 Å². The van der Waals surface area contributed by atoms with Crippen LogP contribution in [0.15, 0.2) is 6.33 Å². The number of rotatable bonds is 6. The van der Waals surface area contributed by atoms with Crippen molar-refractivity contribution in [3.8, 4) is 0 Å². The van der Waals surface area contributed by atoms with Gasteiger partial charge in [0.1, 0.15) is 12.2 Å². The lowest BCUT2D eigenvalue weighted by Crippen LogP contribution is -2.38. The van der Waals surface area contributed by atoms with Gasteiger partial charge in [0.15, 0.2) is 0 Å². The van der Waals surface area contributed by atoms with Crippen molar-refractivity contribution >= 4 is 10.2 Å². The first kappa shape index (κ1) is 12.1. The summed E-state index contributed by atoms with van der Waals surface area (Å²) in [7, 11) is -1.92. The van der Waals surface area contributed by atoms with Crippen molar-refractivity contribution in [1.29, 1.82) is 0 Å². The molecule has 0 aliphatic rings. The van der Waals surface area contributed by atoms with Gasteiger partial charge in [0.25, 0.3) is 10.2 Å². The molecule has 0 spiro atoms. The highest BCUT2D eigenvalue weighted by Crippen LogP contribution is 1.99. The predicted octanol–water partition coefficient (Wildman–Crippen LogP) is -0.519. The van der Waals surface area contributed by atoms with Crippen molar-refractivity contribution < 1.29 is 8.42 Å². The number of H-pyrrole nitrogens is 1. The van der Waals surface area contributed by atoms with Crippen molar-refractivity contribution in [1.82, 2.24) is 24.2 Å². The largest absolute Gasteiger partial charge is 0.279 e. The molecule has 0 amide bonds. The highest BCUT2D eigenvalue weighted by molar-refractivity contribution is 7.87. The maximum absolute atomic E-state index is 11.6. The summed E-state index contributed by atoms with van der Waals surface area (Å²) >= 11 is 0. The highest BCUT2D eigenvalue weighted by atomic mass is 32.2. The number of hydrogen-bond acceptors (Lipinski definition) is 4. The molecule has 0 saturated heterocycles. The zero-order valence-electron chi connectivity index (χ0n) is 8.77. The maximum Gasteiger partial charge on any atom is 0.279 e. The van der Waals surface area contributed by atoms with E-state index in [-0.39, 0.29) is 6.54 Å². The van der Waals surface area contributed by atoms with Crippen LogP contribution in [0.3, 0.4) is 0 Å². The van der Waals surface area contributed by atoms with Crippen molar-refractivity contribution in [3.05, 3.63) is 12.2 Å². The minimum absolute atomic E-state index is 0.180. The van der Waals surface area contributed by atoms with Gasteiger partial charge >= 0.3 is 0 Å². The first-order chi connectivity index (χ1) is 7.06. The van der Waals surface area contributed by atoms with Crippen LogP contribution in [0.1, 0.15) is 19.2 Å². The van der Waals surface area contributed by atoms with E-state index >= 15 is 0 Å². The van der Waals surface area contributed by atoms with Crippen LogP contribution in [0.4, 0.5) is 0 Å². The van der Waals surface area contributed by atoms with Crippen molar-refractivity contribution in [2.45, 2.75) is 19.9 Å². The van der Waals surface area contributed by atoms with Crippen molar-refractivity contribution in [3.63, 3.8) is 0 Å². The molecule has 1 aromatic heterocycles. The van der Waals surface area contributed by atoms with E-state index in [9.17, 15) is 8.42 Å². The van der Waals surface area contributed by atoms with E-state index < -0.39 is 10.2 Å². The smallest absolute Gasteiger partial charge is 0.262 e. The molecule has 0 aliphatic carbocycles. The Morgan fingerprint density at radius 1 is 1.60 bits per heavy atom. The summed E-state index contributed by atoms with van der Waals surface area (Å²) in [4.78, 5) is 3.85. The number of aromatic nitrogens is 3. The van der Waals surface area contributed by atoms with Gasteiger partial charge in [0.2, 0.25) is 0 Å². The molecule has 0 atom stereocenters. The fourth-order valence-corrected chi connectivity index (χ4v) is 1.92. The molecular formula is C7H15N5O2S. The summed E-state index contributed by atoms with van der Waals surface area (Å²) < 4.78 is 26.8. The molecule has 0 radical (unpaired) electrons. The third kappa shape index (κ3) is 3.57. The summed E-state index contributed by atoms with van der Waals surface area (Å²) in [5, 5.41) is 6.24. The molecule has 2 N–H and O–H groups in total. The van der Waals surface area contributed by atoms with E-state index in [1.54, 1.807) is 0 Å². The average Bonchev–Trinajstić information content (AvgIpc) is 2.67. The van der Waals surface area contributed by atoms with Gasteiger partial charge in [0.05, 0.1) is 6.54 Å². The fraction of sp³-hybridized carbons (Fsp3) is 0.714. The number of nitrogens with one attached hydrogen (secondary N) is 2. The predicted molar refractivity (Wildman–Crippen MR) is 55.1 cm³/mol. The Kier molecular flexibility index (Phi) is 4.18. The highest BCUT2D eigenvalue weighted by Gasteiger charge is 2.17.